The van der Waals surface area contributed by atoms with Crippen LogP contribution in [-0.2, 0) is 0 Å². The highest BCUT2D eigenvalue weighted by Crippen LogP contribution is 2.22. The Hall–Kier alpha value is -2.49. The second-order valence-corrected chi connectivity index (χ2v) is 4.73. The zero-order valence-corrected chi connectivity index (χ0v) is 11.9. The molecule has 2 aromatic rings. The molecule has 0 heterocycles. The Kier molecular flexibility index (Phi) is 3.94. The molecular weight excluding hydrogens is 252 g/mol. The van der Waals surface area contributed by atoms with Crippen LogP contribution in [0.2, 0.25) is 0 Å². The first-order chi connectivity index (χ1) is 9.51. The average molecular weight is 270 g/mol. The number of hydrogen-bond donors (Lipinski definition) is 2. The maximum absolute atomic E-state index is 12.2. The molecule has 0 saturated carbocycles. The van der Waals surface area contributed by atoms with Gasteiger partial charge in [0.15, 0.2) is 0 Å². The molecule has 20 heavy (non-hydrogen) atoms. The van der Waals surface area contributed by atoms with E-state index in [9.17, 15) is 4.79 Å². The summed E-state index contributed by atoms with van der Waals surface area (Å²) in [6, 6.07) is 10.9. The summed E-state index contributed by atoms with van der Waals surface area (Å²) in [5, 5.41) is 2.87. The number of carbonyl (C=O) groups is 1. The minimum atomic E-state index is -0.225. The van der Waals surface area contributed by atoms with Gasteiger partial charge in [-0.25, -0.2) is 0 Å². The fraction of sp³-hybridized carbons (Fsp3) is 0.188. The minimum absolute atomic E-state index is 0.225. The summed E-state index contributed by atoms with van der Waals surface area (Å²) in [6.45, 7) is 3.97. The van der Waals surface area contributed by atoms with E-state index in [0.717, 1.165) is 16.8 Å². The van der Waals surface area contributed by atoms with E-state index in [0.29, 0.717) is 17.0 Å². The van der Waals surface area contributed by atoms with E-state index < -0.39 is 0 Å². The number of nitrogens with two attached hydrogens (primary N) is 1. The summed E-state index contributed by atoms with van der Waals surface area (Å²) in [6.07, 6.45) is 0. The molecule has 4 nitrogen and oxygen atoms in total. The lowest BCUT2D eigenvalue weighted by Gasteiger charge is -2.11. The van der Waals surface area contributed by atoms with Gasteiger partial charge >= 0.3 is 0 Å². The van der Waals surface area contributed by atoms with Gasteiger partial charge in [0, 0.05) is 17.4 Å². The first kappa shape index (κ1) is 13.9. The average Bonchev–Trinajstić information content (AvgIpc) is 2.41. The van der Waals surface area contributed by atoms with Crippen molar-refractivity contribution in [2.24, 2.45) is 0 Å². The van der Waals surface area contributed by atoms with Crippen LogP contribution in [0, 0.1) is 13.8 Å². The fourth-order valence-electron chi connectivity index (χ4n) is 2.02. The lowest BCUT2D eigenvalue weighted by molar-refractivity contribution is 0.102. The highest BCUT2D eigenvalue weighted by Gasteiger charge is 2.11. The predicted octanol–water partition coefficient (Wildman–Crippen LogP) is 3.15. The molecule has 0 spiro atoms. The molecule has 2 aromatic carbocycles. The number of methoxy groups -OCH3 is 1. The van der Waals surface area contributed by atoms with Crippen molar-refractivity contribution in [2.75, 3.05) is 18.2 Å². The quantitative estimate of drug-likeness (QED) is 0.842. The van der Waals surface area contributed by atoms with E-state index in [1.54, 1.807) is 25.3 Å². The maximum atomic E-state index is 12.2. The molecule has 0 unspecified atom stereocenters. The zero-order chi connectivity index (χ0) is 14.7. The first-order valence-corrected chi connectivity index (χ1v) is 6.33. The van der Waals surface area contributed by atoms with Crippen molar-refractivity contribution in [1.29, 1.82) is 0 Å². The van der Waals surface area contributed by atoms with Gasteiger partial charge in [0.05, 0.1) is 12.7 Å². The first-order valence-electron chi connectivity index (χ1n) is 6.33. The third-order valence-electron chi connectivity index (χ3n) is 3.13. The number of hydrogen-bond acceptors (Lipinski definition) is 3. The van der Waals surface area contributed by atoms with Crippen LogP contribution in [0.4, 0.5) is 11.4 Å². The molecule has 2 rings (SSSR count). The van der Waals surface area contributed by atoms with E-state index in [-0.39, 0.29) is 5.91 Å². The molecule has 0 radical (unpaired) electrons. The zero-order valence-electron chi connectivity index (χ0n) is 11.9. The molecule has 0 atom stereocenters. The van der Waals surface area contributed by atoms with E-state index in [4.69, 9.17) is 10.5 Å². The summed E-state index contributed by atoms with van der Waals surface area (Å²) < 4.78 is 5.07. The van der Waals surface area contributed by atoms with Gasteiger partial charge in [-0.3, -0.25) is 4.79 Å². The van der Waals surface area contributed by atoms with E-state index in [2.05, 4.69) is 5.32 Å². The lowest BCUT2D eigenvalue weighted by atomic mass is 10.1. The van der Waals surface area contributed by atoms with Gasteiger partial charge in [0.25, 0.3) is 5.91 Å². The van der Waals surface area contributed by atoms with Gasteiger partial charge < -0.3 is 15.8 Å². The molecule has 0 aliphatic rings. The topological polar surface area (TPSA) is 64.3 Å². The maximum Gasteiger partial charge on any atom is 0.257 e. The van der Waals surface area contributed by atoms with Crippen LogP contribution < -0.4 is 15.8 Å². The Bertz CT molecular complexity index is 651. The number of aryl methyl sites for hydroxylation is 2. The number of carbonyl (C=O) groups excluding carboxylic acids is 1. The number of anilines is 2. The monoisotopic (exact) mass is 270 g/mol. The summed E-state index contributed by atoms with van der Waals surface area (Å²) in [7, 11) is 1.56. The van der Waals surface area contributed by atoms with Crippen molar-refractivity contribution in [3.8, 4) is 5.75 Å². The minimum Gasteiger partial charge on any atom is -0.497 e. The fourth-order valence-corrected chi connectivity index (χ4v) is 2.02. The van der Waals surface area contributed by atoms with Crippen molar-refractivity contribution in [3.63, 3.8) is 0 Å². The normalized spacial score (nSPS) is 10.2. The van der Waals surface area contributed by atoms with Crippen LogP contribution in [0.1, 0.15) is 21.5 Å². The van der Waals surface area contributed by atoms with E-state index in [1.165, 1.54) is 0 Å². The Morgan fingerprint density at radius 3 is 2.50 bits per heavy atom. The smallest absolute Gasteiger partial charge is 0.257 e. The molecule has 0 fully saturated rings. The molecule has 104 valence electrons. The summed E-state index contributed by atoms with van der Waals surface area (Å²) in [5.41, 5.74) is 9.67. The Morgan fingerprint density at radius 2 is 1.90 bits per heavy atom. The molecule has 0 aromatic heterocycles. The lowest BCUT2D eigenvalue weighted by Crippen LogP contribution is -2.14. The molecule has 4 heteroatoms. The summed E-state index contributed by atoms with van der Waals surface area (Å²) >= 11 is 0. The third-order valence-corrected chi connectivity index (χ3v) is 3.13. The van der Waals surface area contributed by atoms with Crippen molar-refractivity contribution in [2.45, 2.75) is 13.8 Å². The van der Waals surface area contributed by atoms with Crippen LogP contribution in [0.25, 0.3) is 0 Å². The van der Waals surface area contributed by atoms with E-state index in [1.807, 2.05) is 32.0 Å². The second kappa shape index (κ2) is 5.65. The molecular formula is C16H18N2O2. The van der Waals surface area contributed by atoms with Crippen LogP contribution in [0.5, 0.6) is 5.75 Å². The van der Waals surface area contributed by atoms with Crippen LogP contribution in [0.3, 0.4) is 0 Å². The molecule has 3 N–H and O–H groups in total. The number of amides is 1. The highest BCUT2D eigenvalue weighted by molar-refractivity contribution is 6.08. The predicted molar refractivity (Wildman–Crippen MR) is 81.3 cm³/mol. The van der Waals surface area contributed by atoms with Crippen molar-refractivity contribution in [3.05, 3.63) is 53.1 Å². The molecule has 0 aliphatic heterocycles. The van der Waals surface area contributed by atoms with Crippen LogP contribution in [0.15, 0.2) is 36.4 Å². The van der Waals surface area contributed by atoms with Crippen molar-refractivity contribution >= 4 is 17.3 Å². The SMILES string of the molecule is COc1ccc(C(=O)Nc2ccc(C)cc2C)c(N)c1. The largest absolute Gasteiger partial charge is 0.497 e. The van der Waals surface area contributed by atoms with Gasteiger partial charge in [-0.05, 0) is 37.6 Å². The molecule has 0 saturated heterocycles. The Labute approximate surface area is 118 Å². The molecule has 1 amide bonds. The van der Waals surface area contributed by atoms with E-state index >= 15 is 0 Å². The number of rotatable bonds is 3. The van der Waals surface area contributed by atoms with Crippen molar-refractivity contribution < 1.29 is 9.53 Å². The van der Waals surface area contributed by atoms with Crippen LogP contribution >= 0.6 is 0 Å². The molecule has 0 bridgehead atoms. The standard InChI is InChI=1S/C16H18N2O2/c1-10-4-7-15(11(2)8-10)18-16(19)13-6-5-12(20-3)9-14(13)17/h4-9H,17H2,1-3H3,(H,18,19). The van der Waals surface area contributed by atoms with Gasteiger partial charge in [0.1, 0.15) is 5.75 Å². The number of nitrogens with one attached hydrogen (secondary N) is 1. The number of nitrogen functional groups attached to an aromatic ring is 1. The van der Waals surface area contributed by atoms with Gasteiger partial charge in [-0.15, -0.1) is 0 Å². The van der Waals surface area contributed by atoms with Crippen molar-refractivity contribution in [1.82, 2.24) is 0 Å². The Morgan fingerprint density at radius 1 is 1.15 bits per heavy atom. The second-order valence-electron chi connectivity index (χ2n) is 4.73. The number of ether oxygens (including phenoxy) is 1. The van der Waals surface area contributed by atoms with Gasteiger partial charge in [0.2, 0.25) is 0 Å². The summed E-state index contributed by atoms with van der Waals surface area (Å²) in [5.74, 6) is 0.405. The third kappa shape index (κ3) is 2.91. The highest BCUT2D eigenvalue weighted by atomic mass is 16.5. The Balaban J connectivity index is 2.24. The van der Waals surface area contributed by atoms with Crippen LogP contribution in [-0.4, -0.2) is 13.0 Å². The van der Waals surface area contributed by atoms with Gasteiger partial charge in [-0.1, -0.05) is 17.7 Å². The number of benzene rings is 2. The van der Waals surface area contributed by atoms with Gasteiger partial charge in [-0.2, -0.15) is 0 Å². The molecule has 0 aliphatic carbocycles. The summed E-state index contributed by atoms with van der Waals surface area (Å²) in [4.78, 5) is 12.2.